The molecule has 33 heavy (non-hydrogen) atoms. The average Bonchev–Trinajstić information content (AvgIpc) is 2.69. The molecule has 0 aliphatic rings. The van der Waals surface area contributed by atoms with Crippen LogP contribution >= 0.6 is 0 Å². The predicted molar refractivity (Wildman–Crippen MR) is 140 cm³/mol. The topological polar surface area (TPSA) is 39.8 Å². The molecule has 2 aromatic rings. The summed E-state index contributed by atoms with van der Waals surface area (Å²) in [4.78, 5) is 0. The molecule has 0 N–H and O–H groups in total. The summed E-state index contributed by atoms with van der Waals surface area (Å²) < 4.78 is 0. The Kier molecular flexibility index (Phi) is 9.08. The molecule has 2 radical (unpaired) electrons. The van der Waals surface area contributed by atoms with E-state index in [1.807, 2.05) is 24.3 Å². The van der Waals surface area contributed by atoms with Gasteiger partial charge in [-0.3, -0.25) is 10.2 Å². The summed E-state index contributed by atoms with van der Waals surface area (Å²) in [6.07, 6.45) is 8.02. The molecule has 0 fully saturated rings. The molecule has 182 valence electrons. The zero-order chi connectivity index (χ0) is 25.0. The summed E-state index contributed by atoms with van der Waals surface area (Å²) in [5.74, 6) is 0.0720. The van der Waals surface area contributed by atoms with E-state index in [0.717, 1.165) is 52.6 Å². The number of aryl methyl sites for hydroxylation is 2. The molecule has 0 aromatic heterocycles. The van der Waals surface area contributed by atoms with Gasteiger partial charge in [-0.2, -0.15) is 0 Å². The van der Waals surface area contributed by atoms with Gasteiger partial charge in [0.1, 0.15) is 0 Å². The normalized spacial score (nSPS) is 12.5. The lowest BCUT2D eigenvalue weighted by molar-refractivity contribution is 0.325. The fraction of sp³-hybridized carbons (Fsp3) is 0.613. The lowest BCUT2D eigenvalue weighted by atomic mass is 9.77. The summed E-state index contributed by atoms with van der Waals surface area (Å²) in [7, 11) is 0. The maximum atomic E-state index is 13.7. The molecule has 0 atom stereocenters. The van der Waals surface area contributed by atoms with E-state index in [2.05, 4.69) is 62.3 Å². The molecule has 2 aromatic carbocycles. The van der Waals surface area contributed by atoms with E-state index >= 15 is 0 Å². The van der Waals surface area contributed by atoms with Crippen LogP contribution in [-0.4, -0.2) is 0 Å². The van der Waals surface area contributed by atoms with Gasteiger partial charge in [-0.25, -0.2) is 0 Å². The molecule has 0 saturated heterocycles. The number of hydrogen-bond donors (Lipinski definition) is 0. The first kappa shape index (κ1) is 27.3. The van der Waals surface area contributed by atoms with Gasteiger partial charge < -0.3 is 0 Å². The average molecular weight is 451 g/mol. The van der Waals surface area contributed by atoms with Crippen LogP contribution in [0.1, 0.15) is 133 Å². The van der Waals surface area contributed by atoms with Crippen LogP contribution in [0.4, 0.5) is 0 Å². The van der Waals surface area contributed by atoms with Crippen LogP contribution in [0, 0.1) is 13.8 Å². The predicted octanol–water partition coefficient (Wildman–Crippen LogP) is 10.1. The van der Waals surface area contributed by atoms with Crippen LogP contribution in [0.3, 0.4) is 0 Å². The molecule has 0 spiro atoms. The van der Waals surface area contributed by atoms with Gasteiger partial charge in [-0.05, 0) is 31.1 Å². The zero-order valence-corrected chi connectivity index (χ0v) is 22.7. The monoisotopic (exact) mass is 450 g/mol. The minimum absolute atomic E-state index is 0.113. The van der Waals surface area contributed by atoms with Crippen molar-refractivity contribution in [2.45, 2.75) is 124 Å². The van der Waals surface area contributed by atoms with Gasteiger partial charge in [0.05, 0.1) is 0 Å². The van der Waals surface area contributed by atoms with E-state index in [1.165, 1.54) is 25.7 Å². The number of benzene rings is 2. The van der Waals surface area contributed by atoms with Crippen molar-refractivity contribution in [1.82, 2.24) is 0 Å². The van der Waals surface area contributed by atoms with Crippen molar-refractivity contribution in [2.75, 3.05) is 0 Å². The highest BCUT2D eigenvalue weighted by atomic mass is 16.3. The molecule has 0 bridgehead atoms. The van der Waals surface area contributed by atoms with Crippen molar-refractivity contribution in [2.24, 2.45) is 0 Å². The second kappa shape index (κ2) is 11.0. The SMILES string of the molecule is CCCCCCCCC(c1cc(C)cc(C(C)(C)C)c1[O])c1cc(C)cc(C(C)(C)C)c1[O]. The van der Waals surface area contributed by atoms with Crippen LogP contribution in [0.2, 0.25) is 0 Å². The lowest BCUT2D eigenvalue weighted by Gasteiger charge is -2.27. The minimum atomic E-state index is -0.230. The summed E-state index contributed by atoms with van der Waals surface area (Å²) in [6.45, 7) is 18.9. The van der Waals surface area contributed by atoms with Crippen molar-refractivity contribution < 1.29 is 10.2 Å². The summed E-state index contributed by atoms with van der Waals surface area (Å²) in [5.41, 5.74) is 5.03. The first-order valence-corrected chi connectivity index (χ1v) is 12.9. The highest BCUT2D eigenvalue weighted by Gasteiger charge is 2.30. The first-order chi connectivity index (χ1) is 15.3. The Labute approximate surface area is 203 Å². The van der Waals surface area contributed by atoms with Crippen LogP contribution in [0.5, 0.6) is 11.5 Å². The van der Waals surface area contributed by atoms with Gasteiger partial charge in [0.15, 0.2) is 11.5 Å². The molecule has 0 saturated carbocycles. The molecular formula is C31H46O2. The van der Waals surface area contributed by atoms with Gasteiger partial charge in [0.25, 0.3) is 0 Å². The third-order valence-corrected chi connectivity index (χ3v) is 6.74. The third kappa shape index (κ3) is 7.01. The smallest absolute Gasteiger partial charge is 0.186 e. The van der Waals surface area contributed by atoms with Crippen LogP contribution in [-0.2, 0) is 21.0 Å². The van der Waals surface area contributed by atoms with Crippen LogP contribution in [0.25, 0.3) is 0 Å². The van der Waals surface area contributed by atoms with E-state index in [-0.39, 0.29) is 28.2 Å². The first-order valence-electron chi connectivity index (χ1n) is 12.9. The van der Waals surface area contributed by atoms with Gasteiger partial charge in [-0.1, -0.05) is 122 Å². The molecule has 0 heterocycles. The number of hydrogen-bond acceptors (Lipinski definition) is 0. The second-order valence-electron chi connectivity index (χ2n) is 12.1. The fourth-order valence-corrected chi connectivity index (χ4v) is 4.84. The van der Waals surface area contributed by atoms with Crippen LogP contribution in [0.15, 0.2) is 24.3 Å². The Hall–Kier alpha value is -1.96. The maximum absolute atomic E-state index is 13.7. The largest absolute Gasteiger partial charge is 0.289 e. The molecule has 0 amide bonds. The van der Waals surface area contributed by atoms with E-state index in [9.17, 15) is 10.2 Å². The highest BCUT2D eigenvalue weighted by Crippen LogP contribution is 2.46. The van der Waals surface area contributed by atoms with Crippen LogP contribution < -0.4 is 0 Å². The summed E-state index contributed by atoms with van der Waals surface area (Å²) in [6, 6.07) is 8.14. The summed E-state index contributed by atoms with van der Waals surface area (Å²) >= 11 is 0. The van der Waals surface area contributed by atoms with E-state index in [1.54, 1.807) is 0 Å². The van der Waals surface area contributed by atoms with Crippen molar-refractivity contribution in [3.05, 3.63) is 57.6 Å². The second-order valence-corrected chi connectivity index (χ2v) is 12.1. The molecule has 0 aliphatic carbocycles. The Morgan fingerprint density at radius 3 is 1.42 bits per heavy atom. The van der Waals surface area contributed by atoms with Gasteiger partial charge in [-0.15, -0.1) is 0 Å². The summed E-state index contributed by atoms with van der Waals surface area (Å²) in [5, 5.41) is 27.5. The lowest BCUT2D eigenvalue weighted by Crippen LogP contribution is -2.15. The molecule has 0 aliphatic heterocycles. The Balaban J connectivity index is 2.60. The molecule has 2 nitrogen and oxygen atoms in total. The van der Waals surface area contributed by atoms with Crippen molar-refractivity contribution in [3.63, 3.8) is 0 Å². The highest BCUT2D eigenvalue weighted by molar-refractivity contribution is 5.56. The Bertz CT molecular complexity index is 856. The van der Waals surface area contributed by atoms with Crippen molar-refractivity contribution in [3.8, 4) is 11.5 Å². The standard InChI is InChI=1S/C31H46O2/c1-10-11-12-13-14-15-16-23(24-17-21(2)19-26(28(24)32)30(4,5)6)25-18-22(3)20-27(29(25)33)31(7,8)9/h17-20,23H,10-16H2,1-9H3. The number of rotatable bonds is 9. The van der Waals surface area contributed by atoms with Crippen molar-refractivity contribution in [1.29, 1.82) is 0 Å². The third-order valence-electron chi connectivity index (χ3n) is 6.74. The number of unbranched alkanes of at least 4 members (excludes halogenated alkanes) is 5. The Morgan fingerprint density at radius 1 is 0.636 bits per heavy atom. The molecule has 2 rings (SSSR count). The van der Waals surface area contributed by atoms with E-state index in [0.29, 0.717) is 0 Å². The van der Waals surface area contributed by atoms with E-state index < -0.39 is 0 Å². The van der Waals surface area contributed by atoms with Gasteiger partial charge in [0.2, 0.25) is 0 Å². The minimum Gasteiger partial charge on any atom is -0.289 e. The fourth-order valence-electron chi connectivity index (χ4n) is 4.84. The Morgan fingerprint density at radius 2 is 1.03 bits per heavy atom. The molecule has 0 unspecified atom stereocenters. The van der Waals surface area contributed by atoms with Gasteiger partial charge >= 0.3 is 0 Å². The van der Waals surface area contributed by atoms with Gasteiger partial charge in [0, 0.05) is 28.2 Å². The van der Waals surface area contributed by atoms with E-state index in [4.69, 9.17) is 0 Å². The quantitative estimate of drug-likeness (QED) is 0.341. The zero-order valence-electron chi connectivity index (χ0n) is 22.7. The van der Waals surface area contributed by atoms with Crippen molar-refractivity contribution >= 4 is 0 Å². The maximum Gasteiger partial charge on any atom is 0.186 e. The molecular weight excluding hydrogens is 404 g/mol. The molecule has 2 heteroatoms.